The molecule has 1 fully saturated rings. The summed E-state index contributed by atoms with van der Waals surface area (Å²) in [6.45, 7) is 5.00. The van der Waals surface area contributed by atoms with Crippen molar-refractivity contribution in [1.29, 1.82) is 0 Å². The van der Waals surface area contributed by atoms with Gasteiger partial charge in [-0.1, -0.05) is 6.92 Å². The van der Waals surface area contributed by atoms with Crippen molar-refractivity contribution in [3.63, 3.8) is 0 Å². The fourth-order valence-corrected chi connectivity index (χ4v) is 2.01. The first-order valence-corrected chi connectivity index (χ1v) is 5.69. The quantitative estimate of drug-likeness (QED) is 0.699. The Bertz CT molecular complexity index is 209. The number of likely N-dealkylation sites (tertiary alicyclic amines) is 1. The standard InChI is InChI=1S/C11H22N2O2/c1-9-4-3-6-13(7-5-9)8-10(12)11(14)15-2/h9-10H,3-8,12H2,1-2H3. The van der Waals surface area contributed by atoms with Crippen LogP contribution in [0.15, 0.2) is 0 Å². The summed E-state index contributed by atoms with van der Waals surface area (Å²) < 4.78 is 4.62. The molecule has 2 atom stereocenters. The average molecular weight is 214 g/mol. The number of nitrogens with zero attached hydrogens (tertiary/aromatic N) is 1. The Kier molecular flexibility index (Phi) is 5.05. The Labute approximate surface area is 91.8 Å². The number of hydrogen-bond donors (Lipinski definition) is 1. The van der Waals surface area contributed by atoms with Gasteiger partial charge in [0.05, 0.1) is 7.11 Å². The summed E-state index contributed by atoms with van der Waals surface area (Å²) in [5.41, 5.74) is 5.73. The Morgan fingerprint density at radius 3 is 2.93 bits per heavy atom. The van der Waals surface area contributed by atoms with E-state index in [1.807, 2.05) is 0 Å². The van der Waals surface area contributed by atoms with Gasteiger partial charge in [-0.2, -0.15) is 0 Å². The van der Waals surface area contributed by atoms with Gasteiger partial charge in [-0.05, 0) is 38.3 Å². The Morgan fingerprint density at radius 1 is 1.53 bits per heavy atom. The molecule has 0 aliphatic carbocycles. The fraction of sp³-hybridized carbons (Fsp3) is 0.909. The third kappa shape index (κ3) is 4.18. The van der Waals surface area contributed by atoms with Crippen molar-refractivity contribution < 1.29 is 9.53 Å². The Hall–Kier alpha value is -0.610. The highest BCUT2D eigenvalue weighted by Gasteiger charge is 2.20. The number of nitrogens with two attached hydrogens (primary N) is 1. The van der Waals surface area contributed by atoms with Gasteiger partial charge in [0.15, 0.2) is 0 Å². The van der Waals surface area contributed by atoms with Crippen molar-refractivity contribution in [3.8, 4) is 0 Å². The van der Waals surface area contributed by atoms with Gasteiger partial charge in [0.1, 0.15) is 6.04 Å². The lowest BCUT2D eigenvalue weighted by atomic mass is 10.0. The highest BCUT2D eigenvalue weighted by molar-refractivity contribution is 5.75. The SMILES string of the molecule is COC(=O)C(N)CN1CCCC(C)CC1. The number of ether oxygens (including phenoxy) is 1. The third-order valence-corrected chi connectivity index (χ3v) is 3.07. The molecule has 0 amide bonds. The first-order valence-electron chi connectivity index (χ1n) is 5.69. The summed E-state index contributed by atoms with van der Waals surface area (Å²) in [4.78, 5) is 13.4. The topological polar surface area (TPSA) is 55.6 Å². The van der Waals surface area contributed by atoms with Crippen molar-refractivity contribution >= 4 is 5.97 Å². The maximum absolute atomic E-state index is 11.2. The summed E-state index contributed by atoms with van der Waals surface area (Å²) in [5, 5.41) is 0. The predicted molar refractivity (Wildman–Crippen MR) is 59.4 cm³/mol. The highest BCUT2D eigenvalue weighted by Crippen LogP contribution is 2.16. The van der Waals surface area contributed by atoms with E-state index in [-0.39, 0.29) is 5.97 Å². The molecule has 2 unspecified atom stereocenters. The summed E-state index contributed by atoms with van der Waals surface area (Å²) in [6.07, 6.45) is 3.69. The molecule has 15 heavy (non-hydrogen) atoms. The fourth-order valence-electron chi connectivity index (χ4n) is 2.01. The molecule has 4 heteroatoms. The Morgan fingerprint density at radius 2 is 2.27 bits per heavy atom. The van der Waals surface area contributed by atoms with Crippen LogP contribution in [0.4, 0.5) is 0 Å². The van der Waals surface area contributed by atoms with Gasteiger partial charge in [0.25, 0.3) is 0 Å². The zero-order chi connectivity index (χ0) is 11.3. The smallest absolute Gasteiger partial charge is 0.323 e. The van der Waals surface area contributed by atoms with Crippen molar-refractivity contribution in [2.75, 3.05) is 26.7 Å². The molecular weight excluding hydrogens is 192 g/mol. The van der Waals surface area contributed by atoms with E-state index in [2.05, 4.69) is 16.6 Å². The van der Waals surface area contributed by atoms with E-state index in [1.54, 1.807) is 0 Å². The molecule has 88 valence electrons. The number of carbonyl (C=O) groups excluding carboxylic acids is 1. The molecule has 1 rings (SSSR count). The molecule has 1 heterocycles. The number of hydrogen-bond acceptors (Lipinski definition) is 4. The molecular formula is C11H22N2O2. The second-order valence-corrected chi connectivity index (χ2v) is 4.47. The lowest BCUT2D eigenvalue weighted by Gasteiger charge is -2.22. The van der Waals surface area contributed by atoms with Gasteiger partial charge in [0, 0.05) is 6.54 Å². The van der Waals surface area contributed by atoms with Gasteiger partial charge in [-0.15, -0.1) is 0 Å². The van der Waals surface area contributed by atoms with Crippen LogP contribution in [0.25, 0.3) is 0 Å². The third-order valence-electron chi connectivity index (χ3n) is 3.07. The summed E-state index contributed by atoms with van der Waals surface area (Å²) in [5.74, 6) is 0.483. The molecule has 1 saturated heterocycles. The first-order chi connectivity index (χ1) is 7.13. The molecule has 0 aromatic carbocycles. The summed E-state index contributed by atoms with van der Waals surface area (Å²) in [6, 6.07) is -0.497. The van der Waals surface area contributed by atoms with E-state index >= 15 is 0 Å². The molecule has 1 aliphatic heterocycles. The molecule has 0 radical (unpaired) electrons. The zero-order valence-corrected chi connectivity index (χ0v) is 9.74. The van der Waals surface area contributed by atoms with Crippen LogP contribution in [0, 0.1) is 5.92 Å². The maximum atomic E-state index is 11.2. The Balaban J connectivity index is 2.34. The van der Waals surface area contributed by atoms with Crippen molar-refractivity contribution in [1.82, 2.24) is 4.90 Å². The molecule has 0 aromatic rings. The normalized spacial score (nSPS) is 25.7. The second kappa shape index (κ2) is 6.08. The molecule has 0 aromatic heterocycles. The number of rotatable bonds is 3. The van der Waals surface area contributed by atoms with Gasteiger partial charge in [-0.3, -0.25) is 4.79 Å². The van der Waals surface area contributed by atoms with E-state index in [0.29, 0.717) is 6.54 Å². The van der Waals surface area contributed by atoms with Crippen LogP contribution in [0.5, 0.6) is 0 Å². The zero-order valence-electron chi connectivity index (χ0n) is 9.74. The van der Waals surface area contributed by atoms with Crippen LogP contribution in [0.2, 0.25) is 0 Å². The van der Waals surface area contributed by atoms with Gasteiger partial charge in [-0.25, -0.2) is 0 Å². The lowest BCUT2D eigenvalue weighted by molar-refractivity contribution is -0.142. The summed E-state index contributed by atoms with van der Waals surface area (Å²) in [7, 11) is 1.38. The summed E-state index contributed by atoms with van der Waals surface area (Å²) >= 11 is 0. The molecule has 0 saturated carbocycles. The van der Waals surface area contributed by atoms with Crippen LogP contribution < -0.4 is 5.73 Å². The number of carbonyl (C=O) groups is 1. The monoisotopic (exact) mass is 214 g/mol. The largest absolute Gasteiger partial charge is 0.468 e. The van der Waals surface area contributed by atoms with Gasteiger partial charge >= 0.3 is 5.97 Å². The molecule has 4 nitrogen and oxygen atoms in total. The van der Waals surface area contributed by atoms with Crippen LogP contribution >= 0.6 is 0 Å². The number of esters is 1. The molecule has 2 N–H and O–H groups in total. The van der Waals surface area contributed by atoms with Crippen LogP contribution in [0.3, 0.4) is 0 Å². The van der Waals surface area contributed by atoms with Crippen molar-refractivity contribution in [2.45, 2.75) is 32.2 Å². The molecule has 0 spiro atoms. The lowest BCUT2D eigenvalue weighted by Crippen LogP contribution is -2.43. The van der Waals surface area contributed by atoms with E-state index in [0.717, 1.165) is 19.0 Å². The van der Waals surface area contributed by atoms with E-state index in [9.17, 15) is 4.79 Å². The van der Waals surface area contributed by atoms with E-state index in [4.69, 9.17) is 5.73 Å². The first kappa shape index (κ1) is 12.5. The van der Waals surface area contributed by atoms with Gasteiger partial charge in [0.2, 0.25) is 0 Å². The second-order valence-electron chi connectivity index (χ2n) is 4.47. The minimum Gasteiger partial charge on any atom is -0.468 e. The van der Waals surface area contributed by atoms with E-state index in [1.165, 1.54) is 26.4 Å². The average Bonchev–Trinajstić information content (AvgIpc) is 2.42. The molecule has 0 bridgehead atoms. The van der Waals surface area contributed by atoms with Crippen LogP contribution in [-0.2, 0) is 9.53 Å². The van der Waals surface area contributed by atoms with Gasteiger partial charge < -0.3 is 15.4 Å². The van der Waals surface area contributed by atoms with Crippen LogP contribution in [0.1, 0.15) is 26.2 Å². The van der Waals surface area contributed by atoms with Crippen molar-refractivity contribution in [3.05, 3.63) is 0 Å². The minimum atomic E-state index is -0.497. The molecule has 1 aliphatic rings. The highest BCUT2D eigenvalue weighted by atomic mass is 16.5. The predicted octanol–water partition coefficient (Wildman–Crippen LogP) is 0.609. The van der Waals surface area contributed by atoms with E-state index < -0.39 is 6.04 Å². The van der Waals surface area contributed by atoms with Crippen LogP contribution in [-0.4, -0.2) is 43.7 Å². The minimum absolute atomic E-state index is 0.313. The maximum Gasteiger partial charge on any atom is 0.323 e. The van der Waals surface area contributed by atoms with Crippen molar-refractivity contribution in [2.24, 2.45) is 11.7 Å². The number of methoxy groups -OCH3 is 1.